The average Bonchev–Trinajstić information content (AvgIpc) is 2.37. The Morgan fingerprint density at radius 3 is 2.57 bits per heavy atom. The largest absolute Gasteiger partial charge is 0.508 e. The molecule has 1 saturated heterocycles. The van der Waals surface area contributed by atoms with Crippen LogP contribution in [0.2, 0.25) is 0 Å². The molecule has 0 atom stereocenters. The summed E-state index contributed by atoms with van der Waals surface area (Å²) in [6, 6.07) is 2.49. The summed E-state index contributed by atoms with van der Waals surface area (Å²) in [5, 5.41) is 19.3. The third-order valence-electron chi connectivity index (χ3n) is 4.27. The van der Waals surface area contributed by atoms with Gasteiger partial charge in [-0.05, 0) is 0 Å². The third kappa shape index (κ3) is 2.30. The Balaban J connectivity index is 1.89. The van der Waals surface area contributed by atoms with Crippen LogP contribution < -0.4 is 4.74 Å². The summed E-state index contributed by atoms with van der Waals surface area (Å²) < 4.78 is 5.94. The zero-order chi connectivity index (χ0) is 15.2. The third-order valence-corrected chi connectivity index (χ3v) is 4.27. The number of piperidine rings is 1. The number of phenolic OH excluding ortho intramolecular Hbond substituents is 2. The number of amides is 1. The molecule has 0 saturated carbocycles. The number of nitrogens with zero attached hydrogens (tertiary/aromatic N) is 1. The number of likely N-dealkylation sites (tertiary alicyclic amines) is 1. The second-order valence-corrected chi connectivity index (χ2v) is 5.73. The summed E-state index contributed by atoms with van der Waals surface area (Å²) >= 11 is 0. The van der Waals surface area contributed by atoms with Crippen LogP contribution in [0.15, 0.2) is 12.1 Å². The van der Waals surface area contributed by atoms with Gasteiger partial charge in [-0.2, -0.15) is 0 Å². The molecule has 1 aromatic carbocycles. The van der Waals surface area contributed by atoms with Crippen molar-refractivity contribution < 1.29 is 24.5 Å². The molecule has 0 unspecified atom stereocenters. The summed E-state index contributed by atoms with van der Waals surface area (Å²) in [7, 11) is 0. The van der Waals surface area contributed by atoms with Gasteiger partial charge in [-0.25, -0.2) is 0 Å². The highest BCUT2D eigenvalue weighted by molar-refractivity contribution is 6.03. The van der Waals surface area contributed by atoms with Crippen molar-refractivity contribution in [2.45, 2.75) is 31.8 Å². The Morgan fingerprint density at radius 1 is 1.29 bits per heavy atom. The minimum atomic E-state index is -0.643. The monoisotopic (exact) mass is 291 g/mol. The van der Waals surface area contributed by atoms with Crippen molar-refractivity contribution >= 4 is 11.7 Å². The van der Waals surface area contributed by atoms with Crippen LogP contribution in [0.1, 0.15) is 36.5 Å². The lowest BCUT2D eigenvalue weighted by Gasteiger charge is -2.43. The summed E-state index contributed by atoms with van der Waals surface area (Å²) in [5.74, 6) is -0.351. The predicted molar refractivity (Wildman–Crippen MR) is 73.6 cm³/mol. The second kappa shape index (κ2) is 4.65. The van der Waals surface area contributed by atoms with Gasteiger partial charge in [0.1, 0.15) is 28.4 Å². The highest BCUT2D eigenvalue weighted by Crippen LogP contribution is 2.44. The van der Waals surface area contributed by atoms with E-state index in [0.29, 0.717) is 25.9 Å². The van der Waals surface area contributed by atoms with Gasteiger partial charge >= 0.3 is 0 Å². The van der Waals surface area contributed by atoms with E-state index in [1.807, 2.05) is 0 Å². The summed E-state index contributed by atoms with van der Waals surface area (Å²) in [5.41, 5.74) is -0.511. The highest BCUT2D eigenvalue weighted by atomic mass is 16.5. The van der Waals surface area contributed by atoms with E-state index in [-0.39, 0.29) is 40.9 Å². The molecule has 1 aromatic rings. The van der Waals surface area contributed by atoms with Gasteiger partial charge in [-0.3, -0.25) is 9.59 Å². The number of phenols is 2. The molecule has 21 heavy (non-hydrogen) atoms. The van der Waals surface area contributed by atoms with Crippen molar-refractivity contribution in [2.75, 3.05) is 13.1 Å². The normalized spacial score (nSPS) is 20.0. The first-order valence-corrected chi connectivity index (χ1v) is 6.94. The molecule has 1 amide bonds. The topological polar surface area (TPSA) is 87.1 Å². The quantitative estimate of drug-likeness (QED) is 0.755. The van der Waals surface area contributed by atoms with E-state index in [0.717, 1.165) is 6.07 Å². The van der Waals surface area contributed by atoms with Crippen LogP contribution in [0.3, 0.4) is 0 Å². The lowest BCUT2D eigenvalue weighted by atomic mass is 9.82. The predicted octanol–water partition coefficient (Wildman–Crippen LogP) is 1.44. The fourth-order valence-electron chi connectivity index (χ4n) is 3.11. The van der Waals surface area contributed by atoms with E-state index >= 15 is 0 Å². The van der Waals surface area contributed by atoms with Gasteiger partial charge in [0.25, 0.3) is 0 Å². The summed E-state index contributed by atoms with van der Waals surface area (Å²) in [6.07, 6.45) is 1.31. The van der Waals surface area contributed by atoms with Crippen molar-refractivity contribution in [1.29, 1.82) is 0 Å². The number of ketones is 1. The lowest BCUT2D eigenvalue weighted by Crippen LogP contribution is -2.51. The second-order valence-electron chi connectivity index (χ2n) is 5.73. The number of rotatable bonds is 0. The summed E-state index contributed by atoms with van der Waals surface area (Å²) in [4.78, 5) is 25.4. The number of hydrogen-bond acceptors (Lipinski definition) is 5. The van der Waals surface area contributed by atoms with Gasteiger partial charge in [0.05, 0.1) is 6.42 Å². The van der Waals surface area contributed by atoms with Crippen molar-refractivity contribution in [3.05, 3.63) is 17.7 Å². The maximum absolute atomic E-state index is 12.3. The number of ether oxygens (including phenoxy) is 1. The molecule has 2 N–H and O–H groups in total. The van der Waals surface area contributed by atoms with E-state index in [1.54, 1.807) is 4.90 Å². The van der Waals surface area contributed by atoms with Crippen LogP contribution in [0.4, 0.5) is 0 Å². The molecule has 1 fully saturated rings. The molecular formula is C15H17NO5. The van der Waals surface area contributed by atoms with Crippen LogP contribution in [0.5, 0.6) is 17.2 Å². The molecule has 2 aliphatic heterocycles. The molecule has 0 radical (unpaired) electrons. The van der Waals surface area contributed by atoms with Crippen molar-refractivity contribution in [3.63, 3.8) is 0 Å². The number of fused-ring (bicyclic) bond motifs is 1. The Morgan fingerprint density at radius 2 is 1.95 bits per heavy atom. The molecule has 2 heterocycles. The highest BCUT2D eigenvalue weighted by Gasteiger charge is 2.44. The number of hydrogen-bond donors (Lipinski definition) is 2. The molecule has 0 bridgehead atoms. The fourth-order valence-corrected chi connectivity index (χ4v) is 3.11. The van der Waals surface area contributed by atoms with Crippen LogP contribution in [0, 0.1) is 0 Å². The number of aromatic hydroxyl groups is 2. The number of carbonyl (C=O) groups excluding carboxylic acids is 2. The molecule has 2 aliphatic rings. The number of carbonyl (C=O) groups is 2. The Kier molecular flexibility index (Phi) is 3.04. The first-order chi connectivity index (χ1) is 9.90. The fraction of sp³-hybridized carbons (Fsp3) is 0.467. The van der Waals surface area contributed by atoms with E-state index in [2.05, 4.69) is 0 Å². The molecule has 0 aromatic heterocycles. The minimum absolute atomic E-state index is 0.0164. The maximum Gasteiger partial charge on any atom is 0.219 e. The van der Waals surface area contributed by atoms with Crippen molar-refractivity contribution in [2.24, 2.45) is 0 Å². The van der Waals surface area contributed by atoms with Gasteiger partial charge in [0.15, 0.2) is 5.78 Å². The van der Waals surface area contributed by atoms with Crippen molar-refractivity contribution in [1.82, 2.24) is 4.90 Å². The van der Waals surface area contributed by atoms with Gasteiger partial charge in [0.2, 0.25) is 5.91 Å². The van der Waals surface area contributed by atoms with Gasteiger partial charge in [-0.15, -0.1) is 0 Å². The van der Waals surface area contributed by atoms with E-state index < -0.39 is 5.60 Å². The number of benzene rings is 1. The van der Waals surface area contributed by atoms with E-state index in [4.69, 9.17) is 4.74 Å². The van der Waals surface area contributed by atoms with E-state index in [1.165, 1.54) is 13.0 Å². The molecule has 1 spiro atoms. The van der Waals surface area contributed by atoms with Crippen LogP contribution in [-0.2, 0) is 4.79 Å². The SMILES string of the molecule is CC(=O)N1CCC2(CC1)CC(=O)c1c(O)cc(O)cc1O2. The lowest BCUT2D eigenvalue weighted by molar-refractivity contribution is -0.132. The maximum atomic E-state index is 12.3. The Hall–Kier alpha value is -2.24. The first kappa shape index (κ1) is 13.7. The van der Waals surface area contributed by atoms with Crippen LogP contribution in [-0.4, -0.2) is 45.5 Å². The zero-order valence-corrected chi connectivity index (χ0v) is 11.8. The smallest absolute Gasteiger partial charge is 0.219 e. The minimum Gasteiger partial charge on any atom is -0.508 e. The molecule has 6 heteroatoms. The summed E-state index contributed by atoms with van der Waals surface area (Å²) in [6.45, 7) is 2.61. The van der Waals surface area contributed by atoms with Gasteiger partial charge < -0.3 is 19.8 Å². The van der Waals surface area contributed by atoms with Crippen LogP contribution in [0.25, 0.3) is 0 Å². The van der Waals surface area contributed by atoms with E-state index in [9.17, 15) is 19.8 Å². The van der Waals surface area contributed by atoms with Crippen LogP contribution >= 0.6 is 0 Å². The molecule has 3 rings (SSSR count). The zero-order valence-electron chi connectivity index (χ0n) is 11.8. The molecule has 0 aliphatic carbocycles. The van der Waals surface area contributed by atoms with Crippen molar-refractivity contribution in [3.8, 4) is 17.2 Å². The Bertz CT molecular complexity index is 617. The number of Topliss-reactive ketones (excluding diaryl/α,β-unsaturated/α-hetero) is 1. The Labute approximate surface area is 121 Å². The first-order valence-electron chi connectivity index (χ1n) is 6.94. The molecular weight excluding hydrogens is 274 g/mol. The standard InChI is InChI=1S/C15H17NO5/c1-9(17)16-4-2-15(3-5-16)8-12(20)14-11(19)6-10(18)7-13(14)21-15/h6-7,18-19H,2-5,8H2,1H3. The molecule has 112 valence electrons. The van der Waals surface area contributed by atoms with Gasteiger partial charge in [-0.1, -0.05) is 0 Å². The molecule has 6 nitrogen and oxygen atoms in total. The average molecular weight is 291 g/mol. The van der Waals surface area contributed by atoms with Gasteiger partial charge in [0, 0.05) is 45.0 Å².